The minimum atomic E-state index is -1.59. The number of benzene rings is 1. The summed E-state index contributed by atoms with van der Waals surface area (Å²) >= 11 is 0. The molecule has 2 aliphatic rings. The van der Waals surface area contributed by atoms with Gasteiger partial charge in [-0.3, -0.25) is 4.79 Å². The van der Waals surface area contributed by atoms with Crippen molar-refractivity contribution in [2.45, 2.75) is 18.9 Å². The summed E-state index contributed by atoms with van der Waals surface area (Å²) in [4.78, 5) is 38.0. The van der Waals surface area contributed by atoms with Gasteiger partial charge in [0.15, 0.2) is 5.75 Å². The van der Waals surface area contributed by atoms with Gasteiger partial charge >= 0.3 is 12.2 Å². The van der Waals surface area contributed by atoms with E-state index in [1.165, 1.54) is 11.1 Å². The number of hydrogen-bond acceptors (Lipinski definition) is 5. The van der Waals surface area contributed by atoms with Crippen molar-refractivity contribution in [3.05, 3.63) is 34.4 Å². The van der Waals surface area contributed by atoms with Crippen molar-refractivity contribution >= 4 is 28.8 Å². The fraction of sp³-hybridized carbons (Fsp3) is 0.389. The van der Waals surface area contributed by atoms with Crippen LogP contribution in [0.5, 0.6) is 5.75 Å². The predicted octanol–water partition coefficient (Wildman–Crippen LogP) is 1.73. The third-order valence-corrected chi connectivity index (χ3v) is 5.14. The zero-order chi connectivity index (χ0) is 20.0. The van der Waals surface area contributed by atoms with E-state index in [1.807, 2.05) is 0 Å². The fourth-order valence-electron chi connectivity index (χ4n) is 3.57. The van der Waals surface area contributed by atoms with E-state index < -0.39 is 23.4 Å². The number of carbonyl (C=O) groups is 2. The molecule has 10 heteroatoms. The van der Waals surface area contributed by atoms with Crippen LogP contribution >= 0.6 is 0 Å². The first-order valence-corrected chi connectivity index (χ1v) is 8.93. The van der Waals surface area contributed by atoms with Crippen molar-refractivity contribution in [3.8, 4) is 5.75 Å². The molecule has 0 spiro atoms. The molecule has 0 atom stereocenters. The van der Waals surface area contributed by atoms with Crippen LogP contribution in [0.2, 0.25) is 0 Å². The molecular formula is C18H19FN4O5. The number of anilines is 1. The molecular weight excluding hydrogens is 371 g/mol. The van der Waals surface area contributed by atoms with E-state index in [-0.39, 0.29) is 17.2 Å². The monoisotopic (exact) mass is 390 g/mol. The number of rotatable bonds is 3. The van der Waals surface area contributed by atoms with Gasteiger partial charge in [-0.15, -0.1) is 0 Å². The Morgan fingerprint density at radius 1 is 1.18 bits per heavy atom. The number of amides is 2. The average Bonchev–Trinajstić information content (AvgIpc) is 3.49. The van der Waals surface area contributed by atoms with Crippen LogP contribution in [0.25, 0.3) is 10.9 Å². The lowest BCUT2D eigenvalue weighted by Gasteiger charge is -2.35. The molecule has 2 heterocycles. The Bertz CT molecular complexity index is 1020. The molecule has 1 aromatic carbocycles. The number of hydrogen-bond donors (Lipinski definition) is 2. The molecule has 1 saturated heterocycles. The fourth-order valence-corrected chi connectivity index (χ4v) is 3.57. The smallest absolute Gasteiger partial charge is 0.449 e. The van der Waals surface area contributed by atoms with Crippen molar-refractivity contribution in [1.82, 2.24) is 9.47 Å². The maximum atomic E-state index is 14.8. The SMILES string of the molecule is NC(=O)N1CCN(c2cc3c(cc2F)c(=O)c(OC(=O)O)cn3C2CC2)CC1. The van der Waals surface area contributed by atoms with Crippen LogP contribution in [0.3, 0.4) is 0 Å². The number of pyridine rings is 1. The number of fused-ring (bicyclic) bond motifs is 1. The van der Waals surface area contributed by atoms with E-state index in [0.717, 1.165) is 18.9 Å². The van der Waals surface area contributed by atoms with E-state index in [9.17, 15) is 18.8 Å². The normalized spacial score (nSPS) is 17.0. The zero-order valence-electron chi connectivity index (χ0n) is 14.9. The second-order valence-electron chi connectivity index (χ2n) is 6.96. The summed E-state index contributed by atoms with van der Waals surface area (Å²) in [6.45, 7) is 1.60. The van der Waals surface area contributed by atoms with Crippen LogP contribution < -0.4 is 20.8 Å². The third kappa shape index (κ3) is 3.21. The van der Waals surface area contributed by atoms with Gasteiger partial charge in [0, 0.05) is 32.2 Å². The molecule has 3 N–H and O–H groups in total. The van der Waals surface area contributed by atoms with Crippen molar-refractivity contribution in [2.24, 2.45) is 5.73 Å². The molecule has 2 amide bonds. The van der Waals surface area contributed by atoms with Crippen LogP contribution in [0.1, 0.15) is 18.9 Å². The Balaban J connectivity index is 1.78. The lowest BCUT2D eigenvalue weighted by atomic mass is 10.1. The quantitative estimate of drug-likeness (QED) is 0.771. The van der Waals surface area contributed by atoms with Crippen LogP contribution in [0.15, 0.2) is 23.1 Å². The van der Waals surface area contributed by atoms with E-state index in [1.54, 1.807) is 15.5 Å². The Hall–Kier alpha value is -3.30. The van der Waals surface area contributed by atoms with E-state index in [4.69, 9.17) is 10.8 Å². The van der Waals surface area contributed by atoms with Gasteiger partial charge in [0.25, 0.3) is 0 Å². The second-order valence-corrected chi connectivity index (χ2v) is 6.96. The maximum Gasteiger partial charge on any atom is 0.511 e. The number of carboxylic acid groups (broad SMARTS) is 1. The van der Waals surface area contributed by atoms with Crippen molar-refractivity contribution < 1.29 is 23.8 Å². The molecule has 2 fully saturated rings. The topological polar surface area (TPSA) is 118 Å². The summed E-state index contributed by atoms with van der Waals surface area (Å²) in [7, 11) is 0. The average molecular weight is 390 g/mol. The molecule has 2 aromatic rings. The Kier molecular flexibility index (Phi) is 4.33. The first-order chi connectivity index (χ1) is 13.3. The van der Waals surface area contributed by atoms with Gasteiger partial charge in [-0.25, -0.2) is 14.0 Å². The maximum absolute atomic E-state index is 14.8. The van der Waals surface area contributed by atoms with Crippen LogP contribution in [-0.4, -0.2) is 52.9 Å². The number of piperazine rings is 1. The van der Waals surface area contributed by atoms with Crippen LogP contribution in [-0.2, 0) is 0 Å². The third-order valence-electron chi connectivity index (χ3n) is 5.14. The molecule has 148 valence electrons. The highest BCUT2D eigenvalue weighted by Gasteiger charge is 2.28. The lowest BCUT2D eigenvalue weighted by Crippen LogP contribution is -2.50. The van der Waals surface area contributed by atoms with E-state index in [2.05, 4.69) is 4.74 Å². The molecule has 4 rings (SSSR count). The minimum absolute atomic E-state index is 0.0719. The summed E-state index contributed by atoms with van der Waals surface area (Å²) in [6, 6.07) is 2.34. The zero-order valence-corrected chi connectivity index (χ0v) is 14.9. The first kappa shape index (κ1) is 18.1. The molecule has 0 unspecified atom stereocenters. The summed E-state index contributed by atoms with van der Waals surface area (Å²) in [5.41, 5.74) is 5.47. The van der Waals surface area contributed by atoms with Crippen molar-refractivity contribution in [2.75, 3.05) is 31.1 Å². The van der Waals surface area contributed by atoms with Crippen LogP contribution in [0.4, 0.5) is 19.7 Å². The lowest BCUT2D eigenvalue weighted by molar-refractivity contribution is 0.143. The second kappa shape index (κ2) is 6.70. The molecule has 9 nitrogen and oxygen atoms in total. The molecule has 1 saturated carbocycles. The van der Waals surface area contributed by atoms with Crippen LogP contribution in [0, 0.1) is 5.82 Å². The number of nitrogens with zero attached hydrogens (tertiary/aromatic N) is 3. The standard InChI is InChI=1S/C18H19FN4O5/c19-12-7-11-13(8-14(12)21-3-5-22(6-4-21)17(20)25)23(10-1-2-10)9-15(16(11)24)28-18(26)27/h7-10H,1-6H2,(H2,20,25)(H,26,27). The summed E-state index contributed by atoms with van der Waals surface area (Å²) in [5.74, 6) is -0.930. The largest absolute Gasteiger partial charge is 0.511 e. The van der Waals surface area contributed by atoms with Gasteiger partial charge in [0.1, 0.15) is 5.82 Å². The highest BCUT2D eigenvalue weighted by Crippen LogP contribution is 2.39. The predicted molar refractivity (Wildman–Crippen MR) is 98.5 cm³/mol. The van der Waals surface area contributed by atoms with E-state index >= 15 is 0 Å². The molecule has 0 bridgehead atoms. The Morgan fingerprint density at radius 3 is 2.43 bits per heavy atom. The summed E-state index contributed by atoms with van der Waals surface area (Å²) in [6.07, 6.45) is 1.55. The Labute approximate surface area is 158 Å². The van der Waals surface area contributed by atoms with E-state index in [0.29, 0.717) is 37.4 Å². The number of nitrogens with two attached hydrogens (primary N) is 1. The highest BCUT2D eigenvalue weighted by atomic mass is 19.1. The highest BCUT2D eigenvalue weighted by molar-refractivity contribution is 5.85. The number of primary amides is 1. The van der Waals surface area contributed by atoms with Gasteiger partial charge in [0.05, 0.1) is 22.8 Å². The van der Waals surface area contributed by atoms with Gasteiger partial charge < -0.3 is 29.9 Å². The number of aromatic nitrogens is 1. The Morgan fingerprint density at radius 2 is 1.86 bits per heavy atom. The molecule has 0 radical (unpaired) electrons. The summed E-state index contributed by atoms with van der Waals surface area (Å²) < 4.78 is 21.2. The number of carbonyl (C=O) groups excluding carboxylic acids is 1. The van der Waals surface area contributed by atoms with Gasteiger partial charge in [-0.2, -0.15) is 0 Å². The molecule has 28 heavy (non-hydrogen) atoms. The van der Waals surface area contributed by atoms with Crippen molar-refractivity contribution in [1.29, 1.82) is 0 Å². The first-order valence-electron chi connectivity index (χ1n) is 8.93. The number of halogens is 1. The number of ether oxygens (including phenoxy) is 1. The minimum Gasteiger partial charge on any atom is -0.449 e. The molecule has 1 aliphatic carbocycles. The van der Waals surface area contributed by atoms with Gasteiger partial charge in [0.2, 0.25) is 5.43 Å². The van der Waals surface area contributed by atoms with Gasteiger partial charge in [-0.05, 0) is 25.0 Å². The van der Waals surface area contributed by atoms with Gasteiger partial charge in [-0.1, -0.05) is 0 Å². The summed E-state index contributed by atoms with van der Waals surface area (Å²) in [5, 5.41) is 8.92. The number of urea groups is 1. The molecule has 1 aromatic heterocycles. The van der Waals surface area contributed by atoms with Crippen molar-refractivity contribution in [3.63, 3.8) is 0 Å². The molecule has 1 aliphatic heterocycles.